The van der Waals surface area contributed by atoms with E-state index in [1.165, 1.54) is 29.2 Å². The molecule has 1 atom stereocenters. The molecule has 6 nitrogen and oxygen atoms in total. The highest BCUT2D eigenvalue weighted by Crippen LogP contribution is 2.21. The van der Waals surface area contributed by atoms with Crippen LogP contribution in [-0.4, -0.2) is 41.3 Å². The second kappa shape index (κ2) is 7.37. The predicted octanol–water partition coefficient (Wildman–Crippen LogP) is 1.83. The van der Waals surface area contributed by atoms with E-state index in [0.29, 0.717) is 31.1 Å². The van der Waals surface area contributed by atoms with Crippen molar-refractivity contribution < 1.29 is 27.6 Å². The number of nitrogens with two attached hydrogens (primary N) is 1. The molecule has 3 N–H and O–H groups in total. The molecule has 1 aromatic carbocycles. The number of nitrogens with zero attached hydrogens (tertiary/aromatic N) is 1. The highest BCUT2D eigenvalue weighted by Gasteiger charge is 2.37. The zero-order valence-electron chi connectivity index (χ0n) is 13.0. The summed E-state index contributed by atoms with van der Waals surface area (Å²) in [6.07, 6.45) is -2.44. The Morgan fingerprint density at radius 1 is 1.20 bits per heavy atom. The number of hydrogen-bond acceptors (Lipinski definition) is 4. The molecule has 9 heteroatoms. The predicted molar refractivity (Wildman–Crippen MR) is 83.5 cm³/mol. The van der Waals surface area contributed by atoms with Gasteiger partial charge in [-0.2, -0.15) is 13.2 Å². The Morgan fingerprint density at radius 3 is 2.40 bits per heavy atom. The molecule has 1 fully saturated rings. The van der Waals surface area contributed by atoms with Crippen LogP contribution in [-0.2, 0) is 9.59 Å². The van der Waals surface area contributed by atoms with E-state index in [4.69, 9.17) is 5.73 Å². The summed E-state index contributed by atoms with van der Waals surface area (Å²) in [7, 11) is 0. The fourth-order valence-electron chi connectivity index (χ4n) is 2.45. The van der Waals surface area contributed by atoms with Crippen molar-refractivity contribution in [3.63, 3.8) is 0 Å². The van der Waals surface area contributed by atoms with Gasteiger partial charge in [-0.05, 0) is 37.1 Å². The Hall–Kier alpha value is -2.84. The van der Waals surface area contributed by atoms with E-state index in [2.05, 4.69) is 5.32 Å². The molecule has 1 aliphatic heterocycles. The normalized spacial score (nSPS) is 17.7. The first kappa shape index (κ1) is 18.5. The van der Waals surface area contributed by atoms with Crippen LogP contribution in [0.5, 0.6) is 0 Å². The van der Waals surface area contributed by atoms with Crippen molar-refractivity contribution in [1.82, 2.24) is 4.90 Å². The summed E-state index contributed by atoms with van der Waals surface area (Å²) in [5.74, 6) is -2.98. The average molecular weight is 355 g/mol. The zero-order chi connectivity index (χ0) is 18.6. The maximum Gasteiger partial charge on any atom is 0.454 e. The molecule has 0 bridgehead atoms. The zero-order valence-corrected chi connectivity index (χ0v) is 13.0. The molecule has 0 saturated carbocycles. The van der Waals surface area contributed by atoms with E-state index in [0.717, 1.165) is 6.20 Å². The lowest BCUT2D eigenvalue weighted by atomic mass is 10.1. The molecule has 0 aliphatic carbocycles. The van der Waals surface area contributed by atoms with Crippen LogP contribution in [0.4, 0.5) is 18.9 Å². The van der Waals surface area contributed by atoms with Crippen LogP contribution in [0.3, 0.4) is 0 Å². The third-order valence-electron chi connectivity index (χ3n) is 3.73. The van der Waals surface area contributed by atoms with Gasteiger partial charge in [-0.25, -0.2) is 0 Å². The summed E-state index contributed by atoms with van der Waals surface area (Å²) in [6.45, 7) is 0.375. The summed E-state index contributed by atoms with van der Waals surface area (Å²) >= 11 is 0. The summed E-state index contributed by atoms with van der Waals surface area (Å²) in [5.41, 5.74) is 5.84. The number of ketones is 1. The average Bonchev–Trinajstić information content (AvgIpc) is 3.00. The topological polar surface area (TPSA) is 92.5 Å². The number of amides is 2. The van der Waals surface area contributed by atoms with E-state index in [-0.39, 0.29) is 5.56 Å². The molecule has 0 unspecified atom stereocenters. The number of primary amides is 1. The van der Waals surface area contributed by atoms with Gasteiger partial charge in [0.25, 0.3) is 5.78 Å². The van der Waals surface area contributed by atoms with Crippen LogP contribution < -0.4 is 11.1 Å². The lowest BCUT2D eigenvalue weighted by Crippen LogP contribution is -2.36. The summed E-state index contributed by atoms with van der Waals surface area (Å²) in [6, 6.07) is 5.23. The summed E-state index contributed by atoms with van der Waals surface area (Å²) in [5, 5.41) is 2.62. The molecule has 0 aromatic heterocycles. The highest BCUT2D eigenvalue weighted by molar-refractivity contribution is 5.97. The first-order valence-electron chi connectivity index (χ1n) is 7.44. The number of alkyl halides is 3. The SMILES string of the molecule is NC(=O)c1ccc(NC(=O)[C@@H]2CCCN2/C=C/C(=O)C(F)(F)F)cc1. The Labute approximate surface area is 141 Å². The minimum absolute atomic E-state index is 0.286. The smallest absolute Gasteiger partial charge is 0.366 e. The van der Waals surface area contributed by atoms with Crippen molar-refractivity contribution in [3.8, 4) is 0 Å². The molecule has 0 radical (unpaired) electrons. The third kappa shape index (κ3) is 4.82. The lowest BCUT2D eigenvalue weighted by Gasteiger charge is -2.22. The van der Waals surface area contributed by atoms with Crippen LogP contribution in [0.15, 0.2) is 36.5 Å². The molecular weight excluding hydrogens is 339 g/mol. The van der Waals surface area contributed by atoms with Crippen LogP contribution in [0.1, 0.15) is 23.2 Å². The maximum atomic E-state index is 12.3. The van der Waals surface area contributed by atoms with Gasteiger partial charge in [-0.15, -0.1) is 0 Å². The van der Waals surface area contributed by atoms with Crippen LogP contribution in [0.25, 0.3) is 0 Å². The lowest BCUT2D eigenvalue weighted by molar-refractivity contribution is -0.165. The fraction of sp³-hybridized carbons (Fsp3) is 0.312. The number of likely N-dealkylation sites (tertiary alicyclic amines) is 1. The number of anilines is 1. The van der Waals surface area contributed by atoms with E-state index in [9.17, 15) is 27.6 Å². The Morgan fingerprint density at radius 2 is 1.84 bits per heavy atom. The van der Waals surface area contributed by atoms with Gasteiger partial charge in [-0.3, -0.25) is 14.4 Å². The van der Waals surface area contributed by atoms with Crippen LogP contribution in [0, 0.1) is 0 Å². The molecule has 2 amide bonds. The summed E-state index contributed by atoms with van der Waals surface area (Å²) < 4.78 is 36.7. The van der Waals surface area contributed by atoms with Gasteiger partial charge in [0.1, 0.15) is 6.04 Å². The van der Waals surface area contributed by atoms with Crippen LogP contribution in [0.2, 0.25) is 0 Å². The Balaban J connectivity index is 2.01. The van der Waals surface area contributed by atoms with Crippen molar-refractivity contribution >= 4 is 23.3 Å². The van der Waals surface area contributed by atoms with Gasteiger partial charge in [0.2, 0.25) is 11.8 Å². The van der Waals surface area contributed by atoms with E-state index in [1.807, 2.05) is 0 Å². The summed E-state index contributed by atoms with van der Waals surface area (Å²) in [4.78, 5) is 35.6. The molecule has 1 aliphatic rings. The highest BCUT2D eigenvalue weighted by atomic mass is 19.4. The van der Waals surface area contributed by atoms with E-state index < -0.39 is 29.8 Å². The quantitative estimate of drug-likeness (QED) is 0.788. The van der Waals surface area contributed by atoms with E-state index in [1.54, 1.807) is 0 Å². The number of benzene rings is 1. The molecule has 134 valence electrons. The number of nitrogens with one attached hydrogen (secondary N) is 1. The van der Waals surface area contributed by atoms with Crippen molar-refractivity contribution in [3.05, 3.63) is 42.1 Å². The molecule has 1 aromatic rings. The first-order chi connectivity index (χ1) is 11.7. The van der Waals surface area contributed by atoms with Gasteiger partial charge in [0.15, 0.2) is 0 Å². The van der Waals surface area contributed by atoms with Crippen molar-refractivity contribution in [1.29, 1.82) is 0 Å². The van der Waals surface area contributed by atoms with Gasteiger partial charge < -0.3 is 16.0 Å². The van der Waals surface area contributed by atoms with E-state index >= 15 is 0 Å². The van der Waals surface area contributed by atoms with Crippen molar-refractivity contribution in [2.75, 3.05) is 11.9 Å². The van der Waals surface area contributed by atoms with Gasteiger partial charge in [-0.1, -0.05) is 0 Å². The Bertz CT molecular complexity index is 699. The number of halogens is 3. The van der Waals surface area contributed by atoms with Gasteiger partial charge in [0.05, 0.1) is 0 Å². The van der Waals surface area contributed by atoms with Crippen molar-refractivity contribution in [2.45, 2.75) is 25.1 Å². The molecule has 1 saturated heterocycles. The molecule has 0 spiro atoms. The largest absolute Gasteiger partial charge is 0.454 e. The second-order valence-corrected chi connectivity index (χ2v) is 5.50. The minimum Gasteiger partial charge on any atom is -0.366 e. The van der Waals surface area contributed by atoms with Crippen LogP contribution >= 0.6 is 0 Å². The number of hydrogen-bond donors (Lipinski definition) is 2. The minimum atomic E-state index is -4.93. The van der Waals surface area contributed by atoms with Gasteiger partial charge >= 0.3 is 6.18 Å². The number of carbonyl (C=O) groups excluding carboxylic acids is 3. The molecular formula is C16H16F3N3O3. The first-order valence-corrected chi connectivity index (χ1v) is 7.44. The standard InChI is InChI=1S/C16H16F3N3O3/c17-16(18,19)13(23)7-9-22-8-1-2-12(22)15(25)21-11-5-3-10(4-6-11)14(20)24/h3-7,9,12H,1-2,8H2,(H2,20,24)(H,21,25)/b9-7+/t12-/m0/s1. The Kier molecular flexibility index (Phi) is 5.45. The number of rotatable bonds is 5. The molecule has 25 heavy (non-hydrogen) atoms. The number of allylic oxidation sites excluding steroid dienone is 1. The van der Waals surface area contributed by atoms with Crippen molar-refractivity contribution in [2.24, 2.45) is 5.73 Å². The molecule has 1 heterocycles. The maximum absolute atomic E-state index is 12.3. The third-order valence-corrected chi connectivity index (χ3v) is 3.73. The monoisotopic (exact) mass is 355 g/mol. The fourth-order valence-corrected chi connectivity index (χ4v) is 2.45. The second-order valence-electron chi connectivity index (χ2n) is 5.50. The number of carbonyl (C=O) groups is 3. The van der Waals surface area contributed by atoms with Gasteiger partial charge in [0, 0.05) is 30.1 Å². The molecule has 2 rings (SSSR count).